The van der Waals surface area contributed by atoms with Crippen molar-refractivity contribution in [2.24, 2.45) is 0 Å². The van der Waals surface area contributed by atoms with E-state index in [4.69, 9.17) is 9.47 Å². The predicted octanol–water partition coefficient (Wildman–Crippen LogP) is 0.295. The number of fused-ring (bicyclic) bond motifs is 1. The van der Waals surface area contributed by atoms with Crippen LogP contribution in [0.5, 0.6) is 11.5 Å². The molecule has 41 heavy (non-hydrogen) atoms. The molecule has 15 nitrogen and oxygen atoms in total. The average molecular weight is 620 g/mol. The monoisotopic (exact) mass is 619 g/mol. The molecule has 0 saturated heterocycles. The summed E-state index contributed by atoms with van der Waals surface area (Å²) in [5.74, 6) is -2.76. The lowest BCUT2D eigenvalue weighted by atomic mass is 9.93. The quantitative estimate of drug-likeness (QED) is 0.241. The van der Waals surface area contributed by atoms with Crippen LogP contribution in [0.4, 0.5) is 24.1 Å². The van der Waals surface area contributed by atoms with Gasteiger partial charge in [-0.05, 0) is 24.1 Å². The Labute approximate surface area is 231 Å². The molecule has 1 aliphatic rings. The first-order valence-corrected chi connectivity index (χ1v) is 13.6. The Kier molecular flexibility index (Phi) is 7.67. The maximum Gasteiger partial charge on any atom is 0.421 e. The molecule has 0 fully saturated rings. The number of benzene rings is 1. The second-order valence-electron chi connectivity index (χ2n) is 8.44. The van der Waals surface area contributed by atoms with Gasteiger partial charge < -0.3 is 20.1 Å². The zero-order valence-electron chi connectivity index (χ0n) is 21.2. The fourth-order valence-corrected chi connectivity index (χ4v) is 6.32. The summed E-state index contributed by atoms with van der Waals surface area (Å²) >= 11 is 0.200. The highest BCUT2D eigenvalue weighted by Gasteiger charge is 2.69. The number of anilines is 2. The van der Waals surface area contributed by atoms with E-state index >= 15 is 0 Å². The second-order valence-corrected chi connectivity index (χ2v) is 11.3. The van der Waals surface area contributed by atoms with Gasteiger partial charge in [0.25, 0.3) is 21.5 Å². The topological polar surface area (TPSA) is 203 Å². The van der Waals surface area contributed by atoms with Crippen molar-refractivity contribution in [2.75, 3.05) is 24.9 Å². The van der Waals surface area contributed by atoms with E-state index < -0.39 is 60.5 Å². The lowest BCUT2D eigenvalue weighted by molar-refractivity contribution is -0.194. The first-order valence-electron chi connectivity index (χ1n) is 11.3. The van der Waals surface area contributed by atoms with Gasteiger partial charge in [-0.1, -0.05) is 17.4 Å². The minimum atomic E-state index is -5.72. The molecule has 20 heteroatoms. The number of alkyl halides is 3. The van der Waals surface area contributed by atoms with Crippen LogP contribution in [0, 0.1) is 0 Å². The van der Waals surface area contributed by atoms with Gasteiger partial charge in [0.1, 0.15) is 5.82 Å². The van der Waals surface area contributed by atoms with Gasteiger partial charge in [-0.25, -0.2) is 13.2 Å². The number of hydrogen-bond acceptors (Lipinski definition) is 11. The van der Waals surface area contributed by atoms with Crippen molar-refractivity contribution in [3.05, 3.63) is 50.2 Å². The number of nitrogens with zero attached hydrogens (tertiary/aromatic N) is 3. The lowest BCUT2D eigenvalue weighted by Crippen LogP contribution is -2.61. The highest BCUT2D eigenvalue weighted by Crippen LogP contribution is 2.46. The SMILES string of the molecule is COc1ccc(CCn2c3c(c(=O)[nH]c2=O)C(NS(=O)(=O)c2nnc(NC(C)=O)s2)(C(F)(F)F)C(=O)N3)cc1OC. The molecule has 1 aromatic carbocycles. The molecule has 1 unspecified atom stereocenters. The van der Waals surface area contributed by atoms with Gasteiger partial charge in [0, 0.05) is 13.5 Å². The number of carbonyl (C=O) groups excluding carboxylic acids is 2. The minimum Gasteiger partial charge on any atom is -0.493 e. The molecular weight excluding hydrogens is 599 g/mol. The Morgan fingerprint density at radius 3 is 2.44 bits per heavy atom. The number of ether oxygens (including phenoxy) is 2. The molecule has 3 heterocycles. The minimum absolute atomic E-state index is 0.00999. The summed E-state index contributed by atoms with van der Waals surface area (Å²) in [6, 6.07) is 4.71. The van der Waals surface area contributed by atoms with Crippen molar-refractivity contribution in [2.45, 2.75) is 35.9 Å². The molecule has 3 aromatic rings. The van der Waals surface area contributed by atoms with E-state index in [1.807, 2.05) is 5.32 Å². The van der Waals surface area contributed by atoms with Crippen LogP contribution in [0.3, 0.4) is 0 Å². The molecular formula is C21H20F3N7O8S2. The second kappa shape index (κ2) is 10.6. The van der Waals surface area contributed by atoms with Gasteiger partial charge >= 0.3 is 11.9 Å². The number of aromatic amines is 1. The molecule has 0 saturated carbocycles. The number of rotatable bonds is 9. The first kappa shape index (κ1) is 29.7. The fraction of sp³-hybridized carbons (Fsp3) is 0.333. The molecule has 4 rings (SSSR count). The number of amides is 2. The number of nitrogens with one attached hydrogen (secondary N) is 4. The van der Waals surface area contributed by atoms with Crippen molar-refractivity contribution in [1.29, 1.82) is 0 Å². The maximum absolute atomic E-state index is 14.6. The van der Waals surface area contributed by atoms with E-state index in [9.17, 15) is 40.8 Å². The molecule has 0 radical (unpaired) electrons. The van der Waals surface area contributed by atoms with E-state index in [1.54, 1.807) is 23.2 Å². The van der Waals surface area contributed by atoms with Crippen LogP contribution in [-0.2, 0) is 38.1 Å². The van der Waals surface area contributed by atoms with E-state index in [0.717, 1.165) is 6.92 Å². The van der Waals surface area contributed by atoms with Crippen LogP contribution in [0.15, 0.2) is 32.1 Å². The highest BCUT2D eigenvalue weighted by atomic mass is 32.2. The third-order valence-corrected chi connectivity index (χ3v) is 8.51. The van der Waals surface area contributed by atoms with Gasteiger partial charge in [-0.2, -0.15) is 17.9 Å². The number of aromatic nitrogens is 4. The molecule has 2 amide bonds. The summed E-state index contributed by atoms with van der Waals surface area (Å²) in [7, 11) is -2.49. The van der Waals surface area contributed by atoms with E-state index in [-0.39, 0.29) is 29.4 Å². The fourth-order valence-electron chi connectivity index (χ4n) is 4.04. The Morgan fingerprint density at radius 1 is 1.15 bits per heavy atom. The Bertz CT molecular complexity index is 1770. The van der Waals surface area contributed by atoms with Crippen LogP contribution in [0.2, 0.25) is 0 Å². The molecule has 0 aliphatic carbocycles. The number of methoxy groups -OCH3 is 2. The summed E-state index contributed by atoms with van der Waals surface area (Å²) in [6.07, 6.45) is -5.71. The lowest BCUT2D eigenvalue weighted by Gasteiger charge is -2.29. The third-order valence-electron chi connectivity index (χ3n) is 5.85. The number of carbonyl (C=O) groups is 2. The molecule has 2 aromatic heterocycles. The normalized spacial score (nSPS) is 16.7. The Hall–Kier alpha value is -4.30. The van der Waals surface area contributed by atoms with Crippen LogP contribution in [0.25, 0.3) is 0 Å². The molecule has 1 atom stereocenters. The zero-order valence-corrected chi connectivity index (χ0v) is 22.8. The molecule has 0 bridgehead atoms. The van der Waals surface area contributed by atoms with E-state index in [1.165, 1.54) is 18.9 Å². The smallest absolute Gasteiger partial charge is 0.421 e. The molecule has 1 aliphatic heterocycles. The number of hydrogen-bond donors (Lipinski definition) is 4. The van der Waals surface area contributed by atoms with E-state index in [0.29, 0.717) is 21.6 Å². The van der Waals surface area contributed by atoms with Gasteiger partial charge in [0.05, 0.1) is 19.8 Å². The number of aryl methyl sites for hydroxylation is 1. The summed E-state index contributed by atoms with van der Waals surface area (Å²) in [5, 5.41) is 10.3. The Morgan fingerprint density at radius 2 is 1.83 bits per heavy atom. The van der Waals surface area contributed by atoms with Crippen molar-refractivity contribution < 1.29 is 40.7 Å². The van der Waals surface area contributed by atoms with Gasteiger partial charge in [0.2, 0.25) is 20.9 Å². The van der Waals surface area contributed by atoms with Crippen molar-refractivity contribution >= 4 is 44.1 Å². The summed E-state index contributed by atoms with van der Waals surface area (Å²) < 4.78 is 81.1. The van der Waals surface area contributed by atoms with Gasteiger partial charge in [-0.3, -0.25) is 23.9 Å². The maximum atomic E-state index is 14.6. The first-order chi connectivity index (χ1) is 19.1. The largest absolute Gasteiger partial charge is 0.493 e. The van der Waals surface area contributed by atoms with Crippen LogP contribution in [0.1, 0.15) is 18.1 Å². The third kappa shape index (κ3) is 5.27. The zero-order chi connectivity index (χ0) is 30.3. The number of H-pyrrole nitrogens is 1. The Balaban J connectivity index is 1.79. The summed E-state index contributed by atoms with van der Waals surface area (Å²) in [4.78, 5) is 51.3. The van der Waals surface area contributed by atoms with Crippen molar-refractivity contribution in [3.63, 3.8) is 0 Å². The van der Waals surface area contributed by atoms with E-state index in [2.05, 4.69) is 15.5 Å². The predicted molar refractivity (Wildman–Crippen MR) is 135 cm³/mol. The van der Waals surface area contributed by atoms with Crippen molar-refractivity contribution in [1.82, 2.24) is 24.5 Å². The summed E-state index contributed by atoms with van der Waals surface area (Å²) in [6.45, 7) is 0.730. The standard InChI is InChI=1S/C21H20F3N7O8S2/c1-9(32)25-17-28-29-19(40-17)41(36,37)30-20(21(22,23)24)13-14(26-16(20)34)31(18(35)27-15(13)33)7-6-10-4-5-11(38-2)12(8-10)39-3/h4-5,8,30H,6-7H2,1-3H3,(H,26,34)(H,25,28,32)(H,27,33,35). The number of halogens is 3. The van der Waals surface area contributed by atoms with Gasteiger partial charge in [-0.15, -0.1) is 10.2 Å². The summed E-state index contributed by atoms with van der Waals surface area (Å²) in [5.41, 5.74) is -7.79. The average Bonchev–Trinajstić information content (AvgIpc) is 3.46. The number of sulfonamides is 1. The molecule has 4 N–H and O–H groups in total. The van der Waals surface area contributed by atoms with Gasteiger partial charge in [0.15, 0.2) is 11.5 Å². The molecule has 220 valence electrons. The van der Waals surface area contributed by atoms with Crippen molar-refractivity contribution in [3.8, 4) is 11.5 Å². The highest BCUT2D eigenvalue weighted by molar-refractivity contribution is 7.91. The van der Waals surface area contributed by atoms with Crippen LogP contribution < -0.4 is 36.1 Å². The van der Waals surface area contributed by atoms with Crippen LogP contribution >= 0.6 is 11.3 Å². The van der Waals surface area contributed by atoms with Crippen LogP contribution in [-0.4, -0.2) is 60.4 Å². The molecule has 0 spiro atoms.